The van der Waals surface area contributed by atoms with E-state index in [0.29, 0.717) is 45.2 Å². The average Bonchev–Trinajstić information content (AvgIpc) is 3.22. The fourth-order valence-corrected chi connectivity index (χ4v) is 5.77. The maximum absolute atomic E-state index is 13.6. The molecule has 39 heavy (non-hydrogen) atoms. The summed E-state index contributed by atoms with van der Waals surface area (Å²) in [5.41, 5.74) is 5.16. The van der Waals surface area contributed by atoms with Crippen LogP contribution in [-0.2, 0) is 16.1 Å². The topological polar surface area (TPSA) is 111 Å². The first kappa shape index (κ1) is 26.5. The molecule has 9 heteroatoms. The van der Waals surface area contributed by atoms with Gasteiger partial charge in [-0.3, -0.25) is 4.79 Å². The van der Waals surface area contributed by atoms with Gasteiger partial charge in [0.25, 0.3) is 0 Å². The molecule has 0 amide bonds. The van der Waals surface area contributed by atoms with E-state index in [1.165, 1.54) is 26.4 Å². The highest BCUT2D eigenvalue weighted by molar-refractivity contribution is 14.1. The standard InChI is InChI=1S/C30H24INO7/c1-15-23(30(36)38-3)24(25-26(32-15)19-6-4-5-7-20(19)27(25)33)18-12-21(31)28(22(13-18)37-2)39-14-16-8-10-17(11-9-16)29(34)35/h4-13,24,32H,14H2,1-3H3,(H,34,35)/t24-/m1/s1. The third kappa shape index (κ3) is 4.67. The number of esters is 1. The van der Waals surface area contributed by atoms with Crippen LogP contribution in [0.5, 0.6) is 11.5 Å². The molecule has 8 nitrogen and oxygen atoms in total. The molecule has 2 aliphatic rings. The zero-order valence-electron chi connectivity index (χ0n) is 21.3. The van der Waals surface area contributed by atoms with Crippen molar-refractivity contribution >= 4 is 46.0 Å². The Morgan fingerprint density at radius 3 is 2.36 bits per heavy atom. The fraction of sp³-hybridized carbons (Fsp3) is 0.167. The lowest BCUT2D eigenvalue weighted by Crippen LogP contribution is -2.29. The van der Waals surface area contributed by atoms with E-state index in [9.17, 15) is 14.4 Å². The van der Waals surface area contributed by atoms with Gasteiger partial charge in [-0.05, 0) is 64.9 Å². The molecule has 0 saturated carbocycles. The number of halogens is 1. The summed E-state index contributed by atoms with van der Waals surface area (Å²) in [5, 5.41) is 12.4. The maximum atomic E-state index is 13.6. The van der Waals surface area contributed by atoms with Gasteiger partial charge < -0.3 is 24.6 Å². The van der Waals surface area contributed by atoms with Crippen molar-refractivity contribution in [1.29, 1.82) is 0 Å². The zero-order chi connectivity index (χ0) is 27.8. The van der Waals surface area contributed by atoms with E-state index in [0.717, 1.165) is 14.7 Å². The van der Waals surface area contributed by atoms with Gasteiger partial charge in [-0.15, -0.1) is 0 Å². The summed E-state index contributed by atoms with van der Waals surface area (Å²) in [6.07, 6.45) is 0. The van der Waals surface area contributed by atoms with Crippen molar-refractivity contribution in [3.8, 4) is 11.5 Å². The largest absolute Gasteiger partial charge is 0.493 e. The first-order valence-electron chi connectivity index (χ1n) is 12.0. The maximum Gasteiger partial charge on any atom is 0.336 e. The number of carbonyl (C=O) groups excluding carboxylic acids is 2. The Balaban J connectivity index is 1.56. The summed E-state index contributed by atoms with van der Waals surface area (Å²) < 4.78 is 17.6. The van der Waals surface area contributed by atoms with Crippen LogP contribution in [-0.4, -0.2) is 37.0 Å². The number of ether oxygens (including phenoxy) is 3. The summed E-state index contributed by atoms with van der Waals surface area (Å²) in [5.74, 6) is -1.43. The molecule has 2 N–H and O–H groups in total. The van der Waals surface area contributed by atoms with E-state index < -0.39 is 17.9 Å². The number of allylic oxidation sites excluding steroid dienone is 2. The third-order valence-corrected chi connectivity index (χ3v) is 7.62. The minimum atomic E-state index is -0.995. The van der Waals surface area contributed by atoms with Crippen molar-refractivity contribution in [2.75, 3.05) is 14.2 Å². The van der Waals surface area contributed by atoms with Crippen LogP contribution < -0.4 is 14.8 Å². The second-order valence-electron chi connectivity index (χ2n) is 9.08. The summed E-state index contributed by atoms with van der Waals surface area (Å²) in [4.78, 5) is 37.8. The van der Waals surface area contributed by atoms with Gasteiger partial charge in [0, 0.05) is 28.3 Å². The minimum absolute atomic E-state index is 0.147. The van der Waals surface area contributed by atoms with Gasteiger partial charge in [0.15, 0.2) is 17.3 Å². The first-order chi connectivity index (χ1) is 18.7. The number of rotatable bonds is 7. The molecule has 1 aliphatic heterocycles. The van der Waals surface area contributed by atoms with E-state index in [1.807, 2.05) is 24.3 Å². The predicted molar refractivity (Wildman–Crippen MR) is 152 cm³/mol. The molecule has 0 saturated heterocycles. The third-order valence-electron chi connectivity index (χ3n) is 6.82. The smallest absolute Gasteiger partial charge is 0.336 e. The lowest BCUT2D eigenvalue weighted by Gasteiger charge is -2.29. The summed E-state index contributed by atoms with van der Waals surface area (Å²) in [6, 6.07) is 17.5. The number of hydrogen-bond donors (Lipinski definition) is 2. The molecule has 1 atom stereocenters. The molecule has 0 fully saturated rings. The molecule has 3 aromatic rings. The van der Waals surface area contributed by atoms with E-state index in [4.69, 9.17) is 19.3 Å². The van der Waals surface area contributed by atoms with Crippen LogP contribution in [0.2, 0.25) is 0 Å². The number of nitrogens with one attached hydrogen (secondary N) is 1. The Bertz CT molecular complexity index is 1590. The molecule has 3 aromatic carbocycles. The lowest BCUT2D eigenvalue weighted by molar-refractivity contribution is -0.136. The molecule has 0 spiro atoms. The second kappa shape index (κ2) is 10.6. The molecule has 5 rings (SSSR count). The van der Waals surface area contributed by atoms with Gasteiger partial charge in [0.2, 0.25) is 0 Å². The number of carboxylic acids is 1. The van der Waals surface area contributed by atoms with Gasteiger partial charge in [-0.25, -0.2) is 9.59 Å². The van der Waals surface area contributed by atoms with Crippen molar-refractivity contribution < 1.29 is 33.7 Å². The fourth-order valence-electron chi connectivity index (χ4n) is 4.99. The molecule has 0 aromatic heterocycles. The van der Waals surface area contributed by atoms with Crippen molar-refractivity contribution in [3.05, 3.63) is 109 Å². The summed E-state index contributed by atoms with van der Waals surface area (Å²) in [6.45, 7) is 1.98. The number of carboxylic acid groups (broad SMARTS) is 1. The van der Waals surface area contributed by atoms with Crippen LogP contribution in [0.25, 0.3) is 5.70 Å². The SMILES string of the molecule is COC(=O)C1=C(C)NC2=C(C(=O)c3ccccc32)[C@@H]1c1cc(I)c(OCc2ccc(C(=O)O)cc2)c(OC)c1. The van der Waals surface area contributed by atoms with E-state index >= 15 is 0 Å². The number of ketones is 1. The lowest BCUT2D eigenvalue weighted by atomic mass is 9.79. The van der Waals surface area contributed by atoms with Gasteiger partial charge in [0.05, 0.1) is 34.6 Å². The van der Waals surface area contributed by atoms with Gasteiger partial charge in [0.1, 0.15) is 6.61 Å². The van der Waals surface area contributed by atoms with E-state index in [-0.39, 0.29) is 18.0 Å². The number of Topliss-reactive ketones (excluding diaryl/α,β-unsaturated/α-hetero) is 1. The second-order valence-corrected chi connectivity index (χ2v) is 10.2. The Kier molecular flexibility index (Phi) is 7.17. The molecular formula is C30H24INO7. The normalized spacial score (nSPS) is 15.9. The van der Waals surface area contributed by atoms with Crippen molar-refractivity contribution in [1.82, 2.24) is 5.32 Å². The highest BCUT2D eigenvalue weighted by atomic mass is 127. The number of benzene rings is 3. The number of aromatic carboxylic acids is 1. The van der Waals surface area contributed by atoms with Crippen molar-refractivity contribution in [3.63, 3.8) is 0 Å². The number of dihydropyridines is 1. The molecule has 1 aliphatic carbocycles. The Morgan fingerprint density at radius 2 is 1.72 bits per heavy atom. The number of hydrogen-bond acceptors (Lipinski definition) is 7. The molecule has 0 bridgehead atoms. The highest BCUT2D eigenvalue weighted by Crippen LogP contribution is 2.48. The number of fused-ring (bicyclic) bond motifs is 2. The monoisotopic (exact) mass is 637 g/mol. The van der Waals surface area contributed by atoms with Crippen LogP contribution in [0.1, 0.15) is 50.2 Å². The molecule has 198 valence electrons. The number of methoxy groups -OCH3 is 2. The Hall–Kier alpha value is -4.12. The van der Waals surface area contributed by atoms with E-state index in [2.05, 4.69) is 27.9 Å². The Labute approximate surface area is 238 Å². The molecule has 0 unspecified atom stereocenters. The van der Waals surface area contributed by atoms with Gasteiger partial charge in [-0.2, -0.15) is 0 Å². The van der Waals surface area contributed by atoms with Crippen LogP contribution in [0, 0.1) is 3.57 Å². The van der Waals surface area contributed by atoms with Crippen molar-refractivity contribution in [2.45, 2.75) is 19.4 Å². The van der Waals surface area contributed by atoms with E-state index in [1.54, 1.807) is 31.2 Å². The average molecular weight is 637 g/mol. The van der Waals surface area contributed by atoms with Crippen LogP contribution in [0.15, 0.2) is 77.5 Å². The molecule has 1 heterocycles. The van der Waals surface area contributed by atoms with Crippen LogP contribution >= 0.6 is 22.6 Å². The quantitative estimate of drug-likeness (QED) is 0.265. The summed E-state index contributed by atoms with van der Waals surface area (Å²) in [7, 11) is 2.84. The minimum Gasteiger partial charge on any atom is -0.493 e. The van der Waals surface area contributed by atoms with Crippen molar-refractivity contribution in [2.24, 2.45) is 0 Å². The summed E-state index contributed by atoms with van der Waals surface area (Å²) >= 11 is 2.14. The van der Waals surface area contributed by atoms with Gasteiger partial charge in [-0.1, -0.05) is 36.4 Å². The predicted octanol–water partition coefficient (Wildman–Crippen LogP) is 5.32. The van der Waals surface area contributed by atoms with Gasteiger partial charge >= 0.3 is 11.9 Å². The Morgan fingerprint density at radius 1 is 1.03 bits per heavy atom. The zero-order valence-corrected chi connectivity index (χ0v) is 23.5. The molecule has 0 radical (unpaired) electrons. The van der Waals surface area contributed by atoms with Crippen LogP contribution in [0.3, 0.4) is 0 Å². The van der Waals surface area contributed by atoms with Crippen LogP contribution in [0.4, 0.5) is 0 Å². The molecular weight excluding hydrogens is 613 g/mol. The first-order valence-corrected chi connectivity index (χ1v) is 13.1. The highest BCUT2D eigenvalue weighted by Gasteiger charge is 2.43. The number of carbonyl (C=O) groups is 3.